The van der Waals surface area contributed by atoms with E-state index in [-0.39, 0.29) is 43.5 Å². The van der Waals surface area contributed by atoms with E-state index in [4.69, 9.17) is 10.00 Å². The zero-order valence-corrected chi connectivity index (χ0v) is 14.0. The van der Waals surface area contributed by atoms with Crippen LogP contribution >= 0.6 is 0 Å². The van der Waals surface area contributed by atoms with Crippen LogP contribution in [0.2, 0.25) is 0 Å². The van der Waals surface area contributed by atoms with Crippen LogP contribution in [0.5, 0.6) is 0 Å². The van der Waals surface area contributed by atoms with Crippen molar-refractivity contribution in [2.75, 3.05) is 36.0 Å². The highest BCUT2D eigenvalue weighted by Crippen LogP contribution is 2.34. The summed E-state index contributed by atoms with van der Waals surface area (Å²) in [6.45, 7) is 2.11. The minimum atomic E-state index is -0.797. The molecule has 9 heteroatoms. The number of hydrogen-bond acceptors (Lipinski definition) is 5. The molecule has 0 bridgehead atoms. The third kappa shape index (κ3) is 3.44. The van der Waals surface area contributed by atoms with Crippen LogP contribution in [0, 0.1) is 23.0 Å². The van der Waals surface area contributed by atoms with E-state index < -0.39 is 23.8 Å². The molecule has 1 aromatic rings. The van der Waals surface area contributed by atoms with Gasteiger partial charge in [0.25, 0.3) is 0 Å². The topological polar surface area (TPSA) is 85.7 Å². The SMILES string of the molecule is CC(=O)NC[C@H]1CN(c2cc(F)c(N3CC(=CC#N)C3)c(F)c2)C(=O)O1. The van der Waals surface area contributed by atoms with Crippen LogP contribution < -0.4 is 15.1 Å². The van der Waals surface area contributed by atoms with Gasteiger partial charge in [0, 0.05) is 38.2 Å². The number of carbonyl (C=O) groups excluding carboxylic acids is 2. The Kier molecular flexibility index (Phi) is 4.75. The number of nitrogens with one attached hydrogen (secondary N) is 1. The maximum absolute atomic E-state index is 14.4. The Bertz CT molecular complexity index is 803. The monoisotopic (exact) mass is 362 g/mol. The molecule has 2 heterocycles. The van der Waals surface area contributed by atoms with Crippen LogP contribution in [0.3, 0.4) is 0 Å². The number of ether oxygens (including phenoxy) is 1. The highest BCUT2D eigenvalue weighted by atomic mass is 19.1. The Hall–Kier alpha value is -3.15. The van der Waals surface area contributed by atoms with Crippen molar-refractivity contribution >= 4 is 23.4 Å². The highest BCUT2D eigenvalue weighted by Gasteiger charge is 2.34. The van der Waals surface area contributed by atoms with Crippen LogP contribution in [0.1, 0.15) is 6.92 Å². The molecule has 136 valence electrons. The predicted molar refractivity (Wildman–Crippen MR) is 88.6 cm³/mol. The first-order valence-electron chi connectivity index (χ1n) is 7.93. The number of halogens is 2. The van der Waals surface area contributed by atoms with Crippen LogP contribution in [0.25, 0.3) is 0 Å². The van der Waals surface area contributed by atoms with E-state index in [0.29, 0.717) is 0 Å². The van der Waals surface area contributed by atoms with E-state index in [1.165, 1.54) is 17.9 Å². The van der Waals surface area contributed by atoms with Gasteiger partial charge in [0.1, 0.15) is 11.8 Å². The molecule has 2 aliphatic rings. The van der Waals surface area contributed by atoms with Gasteiger partial charge < -0.3 is 15.0 Å². The number of allylic oxidation sites excluding steroid dienone is 1. The minimum Gasteiger partial charge on any atom is -0.442 e. The lowest BCUT2D eigenvalue weighted by molar-refractivity contribution is -0.119. The number of cyclic esters (lactones) is 1. The predicted octanol–water partition coefficient (Wildman–Crippen LogP) is 1.70. The third-order valence-electron chi connectivity index (χ3n) is 4.14. The molecule has 2 aliphatic heterocycles. The van der Waals surface area contributed by atoms with Gasteiger partial charge >= 0.3 is 6.09 Å². The molecule has 7 nitrogen and oxygen atoms in total. The summed E-state index contributed by atoms with van der Waals surface area (Å²) in [6.07, 6.45) is 0.0391. The Morgan fingerprint density at radius 1 is 1.42 bits per heavy atom. The van der Waals surface area contributed by atoms with Crippen LogP contribution in [0.4, 0.5) is 25.0 Å². The molecule has 2 amide bonds. The van der Waals surface area contributed by atoms with Gasteiger partial charge in [0.15, 0.2) is 11.6 Å². The van der Waals surface area contributed by atoms with E-state index in [2.05, 4.69) is 5.32 Å². The van der Waals surface area contributed by atoms with E-state index in [1.807, 2.05) is 6.07 Å². The lowest BCUT2D eigenvalue weighted by Gasteiger charge is -2.36. The van der Waals surface area contributed by atoms with Gasteiger partial charge in [-0.1, -0.05) is 0 Å². The fourth-order valence-corrected chi connectivity index (χ4v) is 2.89. The maximum atomic E-state index is 14.4. The van der Waals surface area contributed by atoms with Gasteiger partial charge in [-0.25, -0.2) is 13.6 Å². The molecule has 1 N–H and O–H groups in total. The number of nitriles is 1. The number of amides is 2. The van der Waals surface area contributed by atoms with Crippen molar-refractivity contribution in [3.63, 3.8) is 0 Å². The first-order valence-corrected chi connectivity index (χ1v) is 7.93. The summed E-state index contributed by atoms with van der Waals surface area (Å²) in [5.41, 5.74) is 0.651. The van der Waals surface area contributed by atoms with Gasteiger partial charge in [-0.15, -0.1) is 0 Å². The molecule has 2 fully saturated rings. The van der Waals surface area contributed by atoms with Gasteiger partial charge in [0.05, 0.1) is 24.8 Å². The second kappa shape index (κ2) is 7.00. The maximum Gasteiger partial charge on any atom is 0.414 e. The molecular weight excluding hydrogens is 346 g/mol. The highest BCUT2D eigenvalue weighted by molar-refractivity contribution is 5.90. The van der Waals surface area contributed by atoms with E-state index in [1.54, 1.807) is 0 Å². The molecule has 1 aromatic carbocycles. The third-order valence-corrected chi connectivity index (χ3v) is 4.14. The van der Waals surface area contributed by atoms with Gasteiger partial charge in [-0.3, -0.25) is 9.69 Å². The normalized spacial score (nSPS) is 18.9. The van der Waals surface area contributed by atoms with Gasteiger partial charge in [-0.05, 0) is 5.57 Å². The summed E-state index contributed by atoms with van der Waals surface area (Å²) in [5, 5.41) is 11.1. The standard InChI is InChI=1S/C17H16F2N4O3/c1-10(24)21-6-13-9-23(17(25)26-13)12-4-14(18)16(15(19)5-12)22-7-11(8-22)2-3-20/h2,4-5,13H,6-9H2,1H3,(H,21,24)/t13-/m0/s1. The van der Waals surface area contributed by atoms with E-state index in [0.717, 1.165) is 22.6 Å². The molecule has 26 heavy (non-hydrogen) atoms. The van der Waals surface area contributed by atoms with Crippen molar-refractivity contribution in [3.05, 3.63) is 35.4 Å². The number of rotatable bonds is 4. The smallest absolute Gasteiger partial charge is 0.414 e. The number of hydrogen-bond donors (Lipinski definition) is 1. The molecule has 0 radical (unpaired) electrons. The first kappa shape index (κ1) is 17.7. The fraction of sp³-hybridized carbons (Fsp3) is 0.353. The number of carbonyl (C=O) groups is 2. The van der Waals surface area contributed by atoms with Crippen molar-refractivity contribution in [1.82, 2.24) is 5.32 Å². The number of nitrogens with zero attached hydrogens (tertiary/aromatic N) is 3. The molecule has 3 rings (SSSR count). The van der Waals surface area contributed by atoms with E-state index in [9.17, 15) is 18.4 Å². The van der Waals surface area contributed by atoms with Crippen molar-refractivity contribution in [2.24, 2.45) is 0 Å². The largest absolute Gasteiger partial charge is 0.442 e. The Balaban J connectivity index is 1.74. The lowest BCUT2D eigenvalue weighted by Crippen LogP contribution is -2.41. The molecule has 0 unspecified atom stereocenters. The minimum absolute atomic E-state index is 0.0485. The lowest BCUT2D eigenvalue weighted by atomic mass is 10.1. The summed E-state index contributed by atoms with van der Waals surface area (Å²) < 4.78 is 33.9. The van der Waals surface area contributed by atoms with Crippen LogP contribution in [-0.2, 0) is 9.53 Å². The zero-order chi connectivity index (χ0) is 18.8. The first-order chi connectivity index (χ1) is 12.4. The van der Waals surface area contributed by atoms with Crippen LogP contribution in [0.15, 0.2) is 23.8 Å². The quantitative estimate of drug-likeness (QED) is 0.824. The summed E-state index contributed by atoms with van der Waals surface area (Å²) in [4.78, 5) is 25.5. The summed E-state index contributed by atoms with van der Waals surface area (Å²) >= 11 is 0. The van der Waals surface area contributed by atoms with Crippen LogP contribution in [-0.4, -0.2) is 44.3 Å². The number of benzene rings is 1. The van der Waals surface area contributed by atoms with Crippen molar-refractivity contribution < 1.29 is 23.1 Å². The van der Waals surface area contributed by atoms with Gasteiger partial charge in [0.2, 0.25) is 5.91 Å². The fourth-order valence-electron chi connectivity index (χ4n) is 2.89. The molecule has 0 aromatic heterocycles. The summed E-state index contributed by atoms with van der Waals surface area (Å²) in [6, 6.07) is 4.03. The molecule has 0 spiro atoms. The summed E-state index contributed by atoms with van der Waals surface area (Å²) in [7, 11) is 0. The molecule has 0 aliphatic carbocycles. The molecular formula is C17H16F2N4O3. The Morgan fingerprint density at radius 2 is 2.08 bits per heavy atom. The zero-order valence-electron chi connectivity index (χ0n) is 14.0. The second-order valence-corrected chi connectivity index (χ2v) is 6.10. The van der Waals surface area contributed by atoms with E-state index >= 15 is 0 Å². The second-order valence-electron chi connectivity index (χ2n) is 6.10. The number of anilines is 2. The Morgan fingerprint density at radius 3 is 2.65 bits per heavy atom. The molecule has 1 atom stereocenters. The van der Waals surface area contributed by atoms with Gasteiger partial charge in [-0.2, -0.15) is 5.26 Å². The summed E-state index contributed by atoms with van der Waals surface area (Å²) in [5.74, 6) is -1.86. The van der Waals surface area contributed by atoms with Crippen molar-refractivity contribution in [1.29, 1.82) is 5.26 Å². The average Bonchev–Trinajstić information content (AvgIpc) is 2.90. The molecule has 0 saturated carbocycles. The Labute approximate surface area is 148 Å². The van der Waals surface area contributed by atoms with Crippen molar-refractivity contribution in [2.45, 2.75) is 13.0 Å². The van der Waals surface area contributed by atoms with Crippen molar-refractivity contribution in [3.8, 4) is 6.07 Å². The average molecular weight is 362 g/mol. The molecule has 2 saturated heterocycles.